The molecule has 1 aromatic carbocycles. The van der Waals surface area contributed by atoms with Gasteiger partial charge in [0.2, 0.25) is 0 Å². The second kappa shape index (κ2) is 6.19. The number of methoxy groups -OCH3 is 1. The van der Waals surface area contributed by atoms with Gasteiger partial charge in [-0.3, -0.25) is 0 Å². The molecule has 2 rings (SSSR count). The maximum atomic E-state index is 5.76. The van der Waals surface area contributed by atoms with E-state index in [9.17, 15) is 0 Å². The van der Waals surface area contributed by atoms with Gasteiger partial charge in [-0.05, 0) is 26.0 Å². The lowest BCUT2D eigenvalue weighted by molar-refractivity contribution is 0.415. The van der Waals surface area contributed by atoms with Crippen molar-refractivity contribution in [3.8, 4) is 5.75 Å². The number of hydrogen-bond donors (Lipinski definition) is 2. The average molecular weight is 307 g/mol. The van der Waals surface area contributed by atoms with E-state index in [0.717, 1.165) is 22.0 Å². The third-order valence-electron chi connectivity index (χ3n) is 2.87. The van der Waals surface area contributed by atoms with Gasteiger partial charge in [0, 0.05) is 28.4 Å². The lowest BCUT2D eigenvalue weighted by Gasteiger charge is -2.17. The molecule has 0 saturated heterocycles. The number of thiazole rings is 1. The van der Waals surface area contributed by atoms with Gasteiger partial charge in [-0.2, -0.15) is 0 Å². The summed E-state index contributed by atoms with van der Waals surface area (Å²) in [5.41, 5.74) is 7.43. The quantitative estimate of drug-likeness (QED) is 0.830. The molecule has 0 bridgehead atoms. The minimum absolute atomic E-state index is 0.0777. The van der Waals surface area contributed by atoms with Crippen molar-refractivity contribution in [2.75, 3.05) is 12.4 Å². The molecular weight excluding hydrogens is 290 g/mol. The largest absolute Gasteiger partial charge is 0.497 e. The highest BCUT2D eigenvalue weighted by Crippen LogP contribution is 2.28. The number of ether oxygens (including phenoxy) is 1. The van der Waals surface area contributed by atoms with Crippen LogP contribution >= 0.6 is 23.6 Å². The van der Waals surface area contributed by atoms with E-state index in [1.165, 1.54) is 4.88 Å². The third kappa shape index (κ3) is 3.26. The Hall–Kier alpha value is -1.66. The lowest BCUT2D eigenvalue weighted by Crippen LogP contribution is -2.15. The summed E-state index contributed by atoms with van der Waals surface area (Å²) in [5.74, 6) is 0.759. The maximum Gasteiger partial charge on any atom is 0.120 e. The maximum absolute atomic E-state index is 5.76. The van der Waals surface area contributed by atoms with Crippen molar-refractivity contribution < 1.29 is 4.74 Å². The Morgan fingerprint density at radius 2 is 2.25 bits per heavy atom. The molecule has 0 radical (unpaired) electrons. The standard InChI is InChI=1S/C14H17N3OS2/c1-8-7-16-14(20-8)9(2)17-12-6-10(18-3)4-5-11(12)13(15)19/h4-7,9,17H,1-3H3,(H2,15,19). The first-order chi connectivity index (χ1) is 9.51. The summed E-state index contributed by atoms with van der Waals surface area (Å²) < 4.78 is 5.24. The monoisotopic (exact) mass is 307 g/mol. The van der Waals surface area contributed by atoms with E-state index in [0.29, 0.717) is 4.99 Å². The van der Waals surface area contributed by atoms with Crippen LogP contribution in [0.15, 0.2) is 24.4 Å². The number of nitrogens with two attached hydrogens (primary N) is 1. The van der Waals surface area contributed by atoms with Gasteiger partial charge in [0.1, 0.15) is 15.7 Å². The van der Waals surface area contributed by atoms with Gasteiger partial charge < -0.3 is 15.8 Å². The van der Waals surface area contributed by atoms with Crippen molar-refractivity contribution in [1.29, 1.82) is 0 Å². The molecule has 1 heterocycles. The fraction of sp³-hybridized carbons (Fsp3) is 0.286. The van der Waals surface area contributed by atoms with Crippen LogP contribution in [0.5, 0.6) is 5.75 Å². The number of hydrogen-bond acceptors (Lipinski definition) is 5. The van der Waals surface area contributed by atoms with Crippen molar-refractivity contribution in [2.45, 2.75) is 19.9 Å². The van der Waals surface area contributed by atoms with Crippen LogP contribution in [-0.2, 0) is 0 Å². The van der Waals surface area contributed by atoms with Gasteiger partial charge in [0.05, 0.1) is 13.2 Å². The van der Waals surface area contributed by atoms with E-state index in [2.05, 4.69) is 17.2 Å². The Labute approximate surface area is 128 Å². The number of anilines is 1. The van der Waals surface area contributed by atoms with Gasteiger partial charge in [-0.15, -0.1) is 11.3 Å². The number of benzene rings is 1. The number of aryl methyl sites for hydroxylation is 1. The molecule has 0 spiro atoms. The van der Waals surface area contributed by atoms with Crippen LogP contribution in [-0.4, -0.2) is 17.1 Å². The molecule has 6 heteroatoms. The molecule has 4 nitrogen and oxygen atoms in total. The van der Waals surface area contributed by atoms with Crippen molar-refractivity contribution >= 4 is 34.2 Å². The van der Waals surface area contributed by atoms with E-state index < -0.39 is 0 Å². The number of nitrogens with one attached hydrogen (secondary N) is 1. The molecule has 3 N–H and O–H groups in total. The normalized spacial score (nSPS) is 11.9. The van der Waals surface area contributed by atoms with Crippen LogP contribution in [0.2, 0.25) is 0 Å². The van der Waals surface area contributed by atoms with E-state index >= 15 is 0 Å². The zero-order valence-corrected chi connectivity index (χ0v) is 13.3. The zero-order chi connectivity index (χ0) is 14.7. The van der Waals surface area contributed by atoms with E-state index in [-0.39, 0.29) is 6.04 Å². The second-order valence-corrected chi connectivity index (χ2v) is 6.16. The van der Waals surface area contributed by atoms with Crippen LogP contribution in [0.25, 0.3) is 0 Å². The molecule has 0 aliphatic heterocycles. The predicted molar refractivity (Wildman–Crippen MR) is 87.8 cm³/mol. The highest BCUT2D eigenvalue weighted by Gasteiger charge is 2.13. The second-order valence-electron chi connectivity index (χ2n) is 4.45. The van der Waals surface area contributed by atoms with Crippen molar-refractivity contribution in [3.05, 3.63) is 39.8 Å². The zero-order valence-electron chi connectivity index (χ0n) is 11.6. The highest BCUT2D eigenvalue weighted by atomic mass is 32.1. The molecule has 0 aliphatic carbocycles. The van der Waals surface area contributed by atoms with Crippen LogP contribution in [0.1, 0.15) is 28.4 Å². The summed E-state index contributed by atoms with van der Waals surface area (Å²) in [6.07, 6.45) is 1.87. The molecule has 1 atom stereocenters. The lowest BCUT2D eigenvalue weighted by atomic mass is 10.1. The minimum atomic E-state index is 0.0777. The van der Waals surface area contributed by atoms with Crippen molar-refractivity contribution in [3.63, 3.8) is 0 Å². The molecule has 106 valence electrons. The van der Waals surface area contributed by atoms with Gasteiger partial charge in [-0.1, -0.05) is 12.2 Å². The van der Waals surface area contributed by atoms with Crippen molar-refractivity contribution in [2.24, 2.45) is 5.73 Å². The predicted octanol–water partition coefficient (Wildman–Crippen LogP) is 3.27. The van der Waals surface area contributed by atoms with Gasteiger partial charge in [0.25, 0.3) is 0 Å². The smallest absolute Gasteiger partial charge is 0.120 e. The van der Waals surface area contributed by atoms with Gasteiger partial charge in [0.15, 0.2) is 0 Å². The van der Waals surface area contributed by atoms with E-state index in [1.807, 2.05) is 31.3 Å². The Bertz CT molecular complexity index is 625. The summed E-state index contributed by atoms with van der Waals surface area (Å²) in [4.78, 5) is 5.94. The molecule has 0 amide bonds. The summed E-state index contributed by atoms with van der Waals surface area (Å²) in [5, 5.41) is 4.42. The molecule has 20 heavy (non-hydrogen) atoms. The van der Waals surface area contributed by atoms with Crippen LogP contribution in [0.3, 0.4) is 0 Å². The number of aromatic nitrogens is 1. The first-order valence-electron chi connectivity index (χ1n) is 6.18. The fourth-order valence-electron chi connectivity index (χ4n) is 1.85. The van der Waals surface area contributed by atoms with Crippen LogP contribution in [0, 0.1) is 6.92 Å². The Morgan fingerprint density at radius 1 is 1.50 bits per heavy atom. The summed E-state index contributed by atoms with van der Waals surface area (Å²) >= 11 is 6.76. The number of nitrogens with zero attached hydrogens (tertiary/aromatic N) is 1. The molecule has 1 unspecified atom stereocenters. The first-order valence-corrected chi connectivity index (χ1v) is 7.40. The summed E-state index contributed by atoms with van der Waals surface area (Å²) in [7, 11) is 1.63. The topological polar surface area (TPSA) is 60.2 Å². The molecular formula is C14H17N3OS2. The molecule has 0 fully saturated rings. The summed E-state index contributed by atoms with van der Waals surface area (Å²) in [6, 6.07) is 5.68. The van der Waals surface area contributed by atoms with E-state index in [1.54, 1.807) is 18.4 Å². The van der Waals surface area contributed by atoms with Crippen LogP contribution in [0.4, 0.5) is 5.69 Å². The third-order valence-corrected chi connectivity index (χ3v) is 4.19. The average Bonchev–Trinajstić information content (AvgIpc) is 2.85. The fourth-order valence-corrected chi connectivity index (χ4v) is 2.81. The molecule has 1 aromatic heterocycles. The SMILES string of the molecule is COc1ccc(C(N)=S)c(NC(C)c2ncc(C)s2)c1. The Balaban J connectivity index is 2.29. The van der Waals surface area contributed by atoms with Gasteiger partial charge >= 0.3 is 0 Å². The van der Waals surface area contributed by atoms with Crippen molar-refractivity contribution in [1.82, 2.24) is 4.98 Å². The molecule has 0 saturated carbocycles. The van der Waals surface area contributed by atoms with Crippen LogP contribution < -0.4 is 15.8 Å². The number of thiocarbonyl (C=S) groups is 1. The number of rotatable bonds is 5. The molecule has 2 aromatic rings. The highest BCUT2D eigenvalue weighted by molar-refractivity contribution is 7.80. The molecule has 0 aliphatic rings. The Kier molecular flexibility index (Phi) is 4.57. The Morgan fingerprint density at radius 3 is 2.80 bits per heavy atom. The first kappa shape index (κ1) is 14.7. The summed E-state index contributed by atoms with van der Waals surface area (Å²) in [6.45, 7) is 4.10. The van der Waals surface area contributed by atoms with E-state index in [4.69, 9.17) is 22.7 Å². The van der Waals surface area contributed by atoms with Gasteiger partial charge in [-0.25, -0.2) is 4.98 Å². The minimum Gasteiger partial charge on any atom is -0.497 e.